The standard InChI is InChI=1S/C11H9N3O3/c1-17-9-2-3-10(14(15)16)13-11(9)8-4-6-12-7-5-8/h2-7H,1H3. The molecule has 0 aromatic carbocycles. The molecule has 2 heterocycles. The Morgan fingerprint density at radius 2 is 1.94 bits per heavy atom. The Kier molecular flexibility index (Phi) is 2.95. The number of rotatable bonds is 3. The summed E-state index contributed by atoms with van der Waals surface area (Å²) in [6.07, 6.45) is 3.19. The fourth-order valence-corrected chi connectivity index (χ4v) is 1.42. The molecule has 17 heavy (non-hydrogen) atoms. The summed E-state index contributed by atoms with van der Waals surface area (Å²) in [5, 5.41) is 10.7. The second-order valence-corrected chi connectivity index (χ2v) is 3.21. The third-order valence-electron chi connectivity index (χ3n) is 2.20. The maximum absolute atomic E-state index is 10.7. The van der Waals surface area contributed by atoms with Gasteiger partial charge in [0, 0.05) is 24.0 Å². The van der Waals surface area contributed by atoms with Gasteiger partial charge in [-0.1, -0.05) is 0 Å². The Morgan fingerprint density at radius 1 is 1.24 bits per heavy atom. The van der Waals surface area contributed by atoms with Gasteiger partial charge in [0.25, 0.3) is 0 Å². The molecule has 6 nitrogen and oxygen atoms in total. The van der Waals surface area contributed by atoms with E-state index in [-0.39, 0.29) is 5.82 Å². The third kappa shape index (κ3) is 2.20. The van der Waals surface area contributed by atoms with E-state index >= 15 is 0 Å². The van der Waals surface area contributed by atoms with E-state index in [1.165, 1.54) is 19.2 Å². The summed E-state index contributed by atoms with van der Waals surface area (Å²) >= 11 is 0. The third-order valence-corrected chi connectivity index (χ3v) is 2.20. The molecule has 0 fully saturated rings. The Hall–Kier alpha value is -2.50. The van der Waals surface area contributed by atoms with Crippen molar-refractivity contribution in [2.75, 3.05) is 7.11 Å². The number of aromatic nitrogens is 2. The molecule has 0 aliphatic heterocycles. The van der Waals surface area contributed by atoms with Crippen LogP contribution in [0.3, 0.4) is 0 Å². The predicted molar refractivity (Wildman–Crippen MR) is 60.7 cm³/mol. The molecule has 0 atom stereocenters. The number of ether oxygens (including phenoxy) is 1. The van der Waals surface area contributed by atoms with Gasteiger partial charge in [-0.3, -0.25) is 4.98 Å². The van der Waals surface area contributed by atoms with Gasteiger partial charge < -0.3 is 14.9 Å². The van der Waals surface area contributed by atoms with Gasteiger partial charge in [-0.25, -0.2) is 0 Å². The van der Waals surface area contributed by atoms with Gasteiger partial charge in [-0.15, -0.1) is 0 Å². The molecule has 0 N–H and O–H groups in total. The fraction of sp³-hybridized carbons (Fsp3) is 0.0909. The zero-order chi connectivity index (χ0) is 12.3. The Bertz CT molecular complexity index is 543. The lowest BCUT2D eigenvalue weighted by molar-refractivity contribution is -0.389. The number of hydrogen-bond acceptors (Lipinski definition) is 5. The van der Waals surface area contributed by atoms with Crippen LogP contribution in [0, 0.1) is 10.1 Å². The Morgan fingerprint density at radius 3 is 2.53 bits per heavy atom. The van der Waals surface area contributed by atoms with Gasteiger partial charge in [0.1, 0.15) is 0 Å². The van der Waals surface area contributed by atoms with E-state index in [0.717, 1.165) is 5.56 Å². The van der Waals surface area contributed by atoms with Crippen molar-refractivity contribution < 1.29 is 9.66 Å². The lowest BCUT2D eigenvalue weighted by Crippen LogP contribution is -1.96. The molecule has 86 valence electrons. The molecule has 0 saturated carbocycles. The van der Waals surface area contributed by atoms with E-state index in [1.807, 2.05) is 0 Å². The minimum absolute atomic E-state index is 0.211. The molecule has 0 spiro atoms. The van der Waals surface area contributed by atoms with E-state index in [1.54, 1.807) is 24.5 Å². The Labute approximate surface area is 97.1 Å². The number of hydrogen-bond donors (Lipinski definition) is 0. The first kappa shape index (κ1) is 11.0. The van der Waals surface area contributed by atoms with Crippen LogP contribution in [-0.2, 0) is 0 Å². The summed E-state index contributed by atoms with van der Waals surface area (Å²) in [5.41, 5.74) is 1.16. The van der Waals surface area contributed by atoms with E-state index in [2.05, 4.69) is 9.97 Å². The quantitative estimate of drug-likeness (QED) is 0.596. The van der Waals surface area contributed by atoms with Crippen LogP contribution in [0.15, 0.2) is 36.7 Å². The topological polar surface area (TPSA) is 78.2 Å². The van der Waals surface area contributed by atoms with Gasteiger partial charge in [0.05, 0.1) is 7.11 Å². The van der Waals surface area contributed by atoms with Crippen molar-refractivity contribution in [1.29, 1.82) is 0 Å². The zero-order valence-corrected chi connectivity index (χ0v) is 9.03. The second-order valence-electron chi connectivity index (χ2n) is 3.21. The Balaban J connectivity index is 2.58. The summed E-state index contributed by atoms with van der Waals surface area (Å²) < 4.78 is 5.13. The van der Waals surface area contributed by atoms with Crippen molar-refractivity contribution in [2.24, 2.45) is 0 Å². The van der Waals surface area contributed by atoms with Crippen LogP contribution in [0.1, 0.15) is 0 Å². The van der Waals surface area contributed by atoms with Crippen LogP contribution in [0.2, 0.25) is 0 Å². The molecule has 0 unspecified atom stereocenters. The lowest BCUT2D eigenvalue weighted by Gasteiger charge is -2.03. The highest BCUT2D eigenvalue weighted by molar-refractivity contribution is 5.66. The van der Waals surface area contributed by atoms with E-state index in [9.17, 15) is 10.1 Å². The first-order chi connectivity index (χ1) is 8.22. The van der Waals surface area contributed by atoms with Crippen LogP contribution in [-0.4, -0.2) is 22.0 Å². The van der Waals surface area contributed by atoms with Crippen LogP contribution in [0.4, 0.5) is 5.82 Å². The van der Waals surface area contributed by atoms with Gasteiger partial charge in [0.15, 0.2) is 5.75 Å². The molecule has 0 radical (unpaired) electrons. The summed E-state index contributed by atoms with van der Waals surface area (Å²) in [7, 11) is 1.49. The average Bonchev–Trinajstić information content (AvgIpc) is 2.39. The van der Waals surface area contributed by atoms with Crippen LogP contribution in [0.25, 0.3) is 11.3 Å². The SMILES string of the molecule is COc1ccc([N+](=O)[O-])nc1-c1ccncc1. The van der Waals surface area contributed by atoms with Gasteiger partial charge >= 0.3 is 5.82 Å². The number of methoxy groups -OCH3 is 1. The lowest BCUT2D eigenvalue weighted by atomic mass is 10.1. The van der Waals surface area contributed by atoms with Crippen molar-refractivity contribution >= 4 is 5.82 Å². The highest BCUT2D eigenvalue weighted by atomic mass is 16.6. The second kappa shape index (κ2) is 4.56. The first-order valence-corrected chi connectivity index (χ1v) is 4.82. The molecule has 0 amide bonds. The summed E-state index contributed by atoms with van der Waals surface area (Å²) in [4.78, 5) is 18.0. The largest absolute Gasteiger partial charge is 0.492 e. The van der Waals surface area contributed by atoms with E-state index in [4.69, 9.17) is 4.74 Å². The number of pyridine rings is 2. The van der Waals surface area contributed by atoms with Crippen molar-refractivity contribution in [3.63, 3.8) is 0 Å². The average molecular weight is 231 g/mol. The van der Waals surface area contributed by atoms with Crippen molar-refractivity contribution in [2.45, 2.75) is 0 Å². The zero-order valence-electron chi connectivity index (χ0n) is 9.03. The first-order valence-electron chi connectivity index (χ1n) is 4.82. The van der Waals surface area contributed by atoms with Crippen LogP contribution < -0.4 is 4.74 Å². The predicted octanol–water partition coefficient (Wildman–Crippen LogP) is 2.06. The molecule has 0 bridgehead atoms. The molecule has 6 heteroatoms. The highest BCUT2D eigenvalue weighted by Crippen LogP contribution is 2.29. The van der Waals surface area contributed by atoms with E-state index in [0.29, 0.717) is 11.4 Å². The van der Waals surface area contributed by atoms with E-state index < -0.39 is 4.92 Å². The maximum Gasteiger partial charge on any atom is 0.364 e. The molecule has 0 aliphatic rings. The monoisotopic (exact) mass is 231 g/mol. The van der Waals surface area contributed by atoms with Gasteiger partial charge in [-0.05, 0) is 28.1 Å². The smallest absolute Gasteiger partial charge is 0.364 e. The number of nitrogens with zero attached hydrogens (tertiary/aromatic N) is 3. The van der Waals surface area contributed by atoms with Crippen LogP contribution >= 0.6 is 0 Å². The maximum atomic E-state index is 10.7. The number of nitro groups is 1. The minimum atomic E-state index is -0.538. The molecule has 2 rings (SSSR count). The fourth-order valence-electron chi connectivity index (χ4n) is 1.42. The summed E-state index contributed by atoms with van der Waals surface area (Å²) in [5.74, 6) is 0.277. The van der Waals surface area contributed by atoms with Gasteiger partial charge in [0.2, 0.25) is 5.69 Å². The normalized spacial score (nSPS) is 9.94. The summed E-state index contributed by atoms with van der Waals surface area (Å²) in [6, 6.07) is 6.27. The molecule has 2 aromatic heterocycles. The van der Waals surface area contributed by atoms with Crippen LogP contribution in [0.5, 0.6) is 5.75 Å². The highest BCUT2D eigenvalue weighted by Gasteiger charge is 2.17. The molecule has 2 aromatic rings. The summed E-state index contributed by atoms with van der Waals surface area (Å²) in [6.45, 7) is 0. The van der Waals surface area contributed by atoms with Gasteiger partial charge in [-0.2, -0.15) is 0 Å². The van der Waals surface area contributed by atoms with Crippen molar-refractivity contribution in [3.8, 4) is 17.0 Å². The molecule has 0 saturated heterocycles. The molecular formula is C11H9N3O3. The van der Waals surface area contributed by atoms with Crippen molar-refractivity contribution in [1.82, 2.24) is 9.97 Å². The molecule has 0 aliphatic carbocycles. The molecular weight excluding hydrogens is 222 g/mol. The van der Waals surface area contributed by atoms with Crippen molar-refractivity contribution in [3.05, 3.63) is 46.8 Å². The minimum Gasteiger partial charge on any atom is -0.492 e.